The van der Waals surface area contributed by atoms with Crippen LogP contribution in [0, 0.1) is 0 Å². The van der Waals surface area contributed by atoms with E-state index in [1.165, 1.54) is 40.2 Å². The minimum Gasteiger partial charge on any atom is -0.477 e. The molecule has 14 heteroatoms. The van der Waals surface area contributed by atoms with Crippen LogP contribution < -0.4 is 11.1 Å². The van der Waals surface area contributed by atoms with Crippen LogP contribution in [0.25, 0.3) is 0 Å². The molecule has 4 N–H and O–H groups in total. The van der Waals surface area contributed by atoms with Crippen LogP contribution in [-0.2, 0) is 21.4 Å². The van der Waals surface area contributed by atoms with Gasteiger partial charge in [0.15, 0.2) is 0 Å². The SMILES string of the molecule is CO[C@@]1(NC(=S)CCCN)C(=O)N2C(C(=O)O)=C(CSc3nnnn3C)CS[C@@H]21. The molecule has 2 aliphatic heterocycles. The van der Waals surface area contributed by atoms with Gasteiger partial charge in [0.2, 0.25) is 5.16 Å². The summed E-state index contributed by atoms with van der Waals surface area (Å²) in [6.45, 7) is 0.480. The van der Waals surface area contributed by atoms with Gasteiger partial charge in [0.25, 0.3) is 11.6 Å². The average molecular weight is 460 g/mol. The zero-order valence-electron chi connectivity index (χ0n) is 15.8. The molecule has 3 rings (SSSR count). The molecule has 0 aliphatic carbocycles. The van der Waals surface area contributed by atoms with Gasteiger partial charge in [-0.05, 0) is 35.4 Å². The van der Waals surface area contributed by atoms with Crippen LogP contribution in [0.1, 0.15) is 12.8 Å². The second-order valence-electron chi connectivity index (χ2n) is 6.35. The zero-order chi connectivity index (χ0) is 21.2. The number of thiocarbonyl (C=S) groups is 1. The number of hydrogen-bond acceptors (Lipinski definition) is 10. The topological polar surface area (TPSA) is 148 Å². The molecule has 29 heavy (non-hydrogen) atoms. The number of thioether (sulfide) groups is 2. The second-order valence-corrected chi connectivity index (χ2v) is 8.85. The third-order valence-electron chi connectivity index (χ3n) is 4.52. The van der Waals surface area contributed by atoms with Gasteiger partial charge in [-0.1, -0.05) is 24.0 Å². The number of amides is 1. The van der Waals surface area contributed by atoms with E-state index >= 15 is 0 Å². The number of carboxylic acid groups (broad SMARTS) is 1. The first kappa shape index (κ1) is 22.0. The number of carbonyl (C=O) groups excluding carboxylic acids is 1. The second kappa shape index (κ2) is 8.95. The smallest absolute Gasteiger partial charge is 0.352 e. The van der Waals surface area contributed by atoms with E-state index in [1.807, 2.05) is 0 Å². The summed E-state index contributed by atoms with van der Waals surface area (Å²) < 4.78 is 7.01. The molecule has 0 saturated carbocycles. The maximum absolute atomic E-state index is 13.0. The van der Waals surface area contributed by atoms with Gasteiger partial charge in [-0.3, -0.25) is 9.69 Å². The summed E-state index contributed by atoms with van der Waals surface area (Å²) in [4.78, 5) is 26.7. The maximum Gasteiger partial charge on any atom is 0.352 e. The number of aromatic nitrogens is 4. The number of carboxylic acids is 1. The van der Waals surface area contributed by atoms with Gasteiger partial charge in [0.1, 0.15) is 11.1 Å². The van der Waals surface area contributed by atoms with Gasteiger partial charge >= 0.3 is 5.97 Å². The summed E-state index contributed by atoms with van der Waals surface area (Å²) in [5.74, 6) is -0.864. The fourth-order valence-corrected chi connectivity index (χ4v) is 5.81. The van der Waals surface area contributed by atoms with E-state index < -0.39 is 23.0 Å². The molecule has 0 radical (unpaired) electrons. The molecular weight excluding hydrogens is 438 g/mol. The number of fused-ring (bicyclic) bond motifs is 1. The summed E-state index contributed by atoms with van der Waals surface area (Å²) in [6, 6.07) is 0. The molecule has 3 heterocycles. The quantitative estimate of drug-likeness (QED) is 0.190. The van der Waals surface area contributed by atoms with Crippen molar-refractivity contribution >= 4 is 52.6 Å². The summed E-state index contributed by atoms with van der Waals surface area (Å²) in [5.41, 5.74) is 4.73. The predicted octanol–water partition coefficient (Wildman–Crippen LogP) is -0.445. The average Bonchev–Trinajstić information content (AvgIpc) is 3.12. The lowest BCUT2D eigenvalue weighted by molar-refractivity contribution is -0.187. The Balaban J connectivity index is 1.80. The Morgan fingerprint density at radius 1 is 1.59 bits per heavy atom. The Bertz CT molecular complexity index is 861. The van der Waals surface area contributed by atoms with E-state index in [9.17, 15) is 14.7 Å². The molecule has 11 nitrogen and oxygen atoms in total. The number of nitrogens with zero attached hydrogens (tertiary/aromatic N) is 5. The number of methoxy groups -OCH3 is 1. The largest absolute Gasteiger partial charge is 0.477 e. The van der Waals surface area contributed by atoms with E-state index in [0.29, 0.717) is 46.6 Å². The molecule has 0 aromatic carbocycles. The monoisotopic (exact) mass is 459 g/mol. The first-order valence-corrected chi connectivity index (χ1v) is 11.1. The van der Waals surface area contributed by atoms with Crippen LogP contribution in [0.4, 0.5) is 0 Å². The van der Waals surface area contributed by atoms with E-state index in [4.69, 9.17) is 22.7 Å². The van der Waals surface area contributed by atoms with Crippen molar-refractivity contribution in [2.75, 3.05) is 25.2 Å². The highest BCUT2D eigenvalue weighted by molar-refractivity contribution is 8.01. The van der Waals surface area contributed by atoms with Gasteiger partial charge in [-0.25, -0.2) is 9.48 Å². The van der Waals surface area contributed by atoms with Crippen molar-refractivity contribution in [3.63, 3.8) is 0 Å². The molecule has 1 fully saturated rings. The Hall–Kier alpha value is -1.74. The lowest BCUT2D eigenvalue weighted by Gasteiger charge is -2.56. The Morgan fingerprint density at radius 2 is 2.34 bits per heavy atom. The molecule has 1 saturated heterocycles. The Labute approximate surface area is 180 Å². The fraction of sp³-hybridized carbons (Fsp3) is 0.600. The van der Waals surface area contributed by atoms with Crippen molar-refractivity contribution < 1.29 is 19.4 Å². The molecule has 2 atom stereocenters. The number of nitrogens with two attached hydrogens (primary N) is 1. The third-order valence-corrected chi connectivity index (χ3v) is 7.30. The highest BCUT2D eigenvalue weighted by Crippen LogP contribution is 2.47. The Kier molecular flexibility index (Phi) is 6.78. The van der Waals surface area contributed by atoms with E-state index in [-0.39, 0.29) is 5.70 Å². The molecule has 1 amide bonds. The number of rotatable bonds is 9. The van der Waals surface area contributed by atoms with Crippen molar-refractivity contribution in [2.24, 2.45) is 12.8 Å². The van der Waals surface area contributed by atoms with Crippen LogP contribution in [0.2, 0.25) is 0 Å². The number of hydrogen-bond donors (Lipinski definition) is 3. The first-order chi connectivity index (χ1) is 13.9. The number of aryl methyl sites for hydroxylation is 1. The van der Waals surface area contributed by atoms with Crippen molar-refractivity contribution in [3.8, 4) is 0 Å². The predicted molar refractivity (Wildman–Crippen MR) is 111 cm³/mol. The van der Waals surface area contributed by atoms with Crippen LogP contribution in [0.3, 0.4) is 0 Å². The normalized spacial score (nSPS) is 23.6. The molecule has 1 aromatic rings. The zero-order valence-corrected chi connectivity index (χ0v) is 18.3. The number of nitrogens with one attached hydrogen (secondary N) is 1. The van der Waals surface area contributed by atoms with E-state index in [1.54, 1.807) is 7.05 Å². The van der Waals surface area contributed by atoms with Crippen LogP contribution in [0.5, 0.6) is 0 Å². The minimum absolute atomic E-state index is 0.0243. The number of β-lactam (4-membered cyclic amide) rings is 1. The summed E-state index contributed by atoms with van der Waals surface area (Å²) in [5, 5.41) is 24.0. The van der Waals surface area contributed by atoms with Crippen LogP contribution >= 0.6 is 35.7 Å². The molecule has 2 aliphatic rings. The highest BCUT2D eigenvalue weighted by atomic mass is 32.2. The molecule has 0 spiro atoms. The molecule has 158 valence electrons. The summed E-state index contributed by atoms with van der Waals surface area (Å²) in [6.07, 6.45) is 1.21. The fourth-order valence-electron chi connectivity index (χ4n) is 3.08. The number of carbonyl (C=O) groups is 2. The molecule has 0 bridgehead atoms. The van der Waals surface area contributed by atoms with E-state index in [2.05, 4.69) is 20.8 Å². The van der Waals surface area contributed by atoms with Crippen molar-refractivity contribution in [2.45, 2.75) is 29.1 Å². The van der Waals surface area contributed by atoms with Gasteiger partial charge < -0.3 is 20.9 Å². The number of aliphatic carboxylic acids is 1. The minimum atomic E-state index is -1.37. The molecule has 1 aromatic heterocycles. The summed E-state index contributed by atoms with van der Waals surface area (Å²) in [7, 11) is 3.11. The van der Waals surface area contributed by atoms with E-state index in [0.717, 1.165) is 0 Å². The van der Waals surface area contributed by atoms with Gasteiger partial charge in [-0.15, -0.1) is 16.9 Å². The first-order valence-electron chi connectivity index (χ1n) is 8.67. The maximum atomic E-state index is 13.0. The molecular formula is C15H21N7O4S3. The van der Waals surface area contributed by atoms with Crippen molar-refractivity contribution in [3.05, 3.63) is 11.3 Å². The lowest BCUT2D eigenvalue weighted by atomic mass is 9.98. The van der Waals surface area contributed by atoms with Crippen molar-refractivity contribution in [1.29, 1.82) is 0 Å². The summed E-state index contributed by atoms with van der Waals surface area (Å²) >= 11 is 8.04. The third kappa shape index (κ3) is 3.99. The lowest BCUT2D eigenvalue weighted by Crippen LogP contribution is -2.80. The standard InChI is InChI=1S/C15H21N7O4S3/c1-21-14(18-19-20-21)29-7-8-6-28-13-15(26-2,17-9(27)4-3-5-16)12(25)22(13)10(8)11(23)24/h13H,3-7,16H2,1-2H3,(H,17,27)(H,23,24)/t13-,15+/m1/s1. The van der Waals surface area contributed by atoms with Crippen LogP contribution in [-0.4, -0.2) is 83.3 Å². The Morgan fingerprint density at radius 3 is 2.93 bits per heavy atom. The highest BCUT2D eigenvalue weighted by Gasteiger charge is 2.66. The van der Waals surface area contributed by atoms with Gasteiger partial charge in [-0.2, -0.15) is 0 Å². The van der Waals surface area contributed by atoms with Gasteiger partial charge in [0.05, 0.1) is 4.99 Å². The van der Waals surface area contributed by atoms with Crippen LogP contribution in [0.15, 0.2) is 16.4 Å². The van der Waals surface area contributed by atoms with Gasteiger partial charge in [0, 0.05) is 25.7 Å². The number of ether oxygens (including phenoxy) is 1. The number of tetrazole rings is 1. The van der Waals surface area contributed by atoms with Crippen molar-refractivity contribution in [1.82, 2.24) is 30.4 Å². The molecule has 0 unspecified atom stereocenters.